The zero-order valence-electron chi connectivity index (χ0n) is 13.2. The number of amides is 1. The number of carbonyl (C=O) groups excluding carboxylic acids is 1. The van der Waals surface area contributed by atoms with Crippen molar-refractivity contribution in [3.05, 3.63) is 45.1 Å². The van der Waals surface area contributed by atoms with Crippen molar-refractivity contribution < 1.29 is 14.3 Å². The van der Waals surface area contributed by atoms with Crippen molar-refractivity contribution in [1.82, 2.24) is 5.32 Å². The van der Waals surface area contributed by atoms with E-state index in [1.165, 1.54) is 0 Å². The smallest absolute Gasteiger partial charge is 0.233 e. The Hall–Kier alpha value is -1.37. The zero-order chi connectivity index (χ0) is 16.9. The van der Waals surface area contributed by atoms with Crippen LogP contribution in [0.1, 0.15) is 17.4 Å². The van der Waals surface area contributed by atoms with E-state index in [-0.39, 0.29) is 11.2 Å². The van der Waals surface area contributed by atoms with Gasteiger partial charge in [-0.1, -0.05) is 17.7 Å². The molecule has 1 N–H and O–H groups in total. The predicted molar refractivity (Wildman–Crippen MR) is 99.4 cm³/mol. The summed E-state index contributed by atoms with van der Waals surface area (Å²) in [4.78, 5) is 13.3. The van der Waals surface area contributed by atoms with Gasteiger partial charge in [-0.3, -0.25) is 4.79 Å². The fourth-order valence-corrected chi connectivity index (χ4v) is 4.05. The van der Waals surface area contributed by atoms with Crippen LogP contribution in [0, 0.1) is 0 Å². The lowest BCUT2D eigenvalue weighted by molar-refractivity contribution is -0.120. The predicted octanol–water partition coefficient (Wildman–Crippen LogP) is 4.11. The van der Waals surface area contributed by atoms with Gasteiger partial charge in [-0.05, 0) is 36.1 Å². The first-order chi connectivity index (χ1) is 11.6. The third kappa shape index (κ3) is 4.37. The molecule has 1 unspecified atom stereocenters. The Labute approximate surface area is 154 Å². The summed E-state index contributed by atoms with van der Waals surface area (Å²) in [5.41, 5.74) is 1.02. The summed E-state index contributed by atoms with van der Waals surface area (Å²) in [5.74, 6) is 2.01. The number of hydrogen-bond donors (Lipinski definition) is 1. The van der Waals surface area contributed by atoms with Crippen LogP contribution in [-0.4, -0.2) is 24.4 Å². The van der Waals surface area contributed by atoms with Crippen molar-refractivity contribution in [1.29, 1.82) is 0 Å². The Morgan fingerprint density at radius 3 is 3.04 bits per heavy atom. The van der Waals surface area contributed by atoms with Crippen molar-refractivity contribution in [2.24, 2.45) is 0 Å². The van der Waals surface area contributed by atoms with Gasteiger partial charge in [-0.15, -0.1) is 23.1 Å². The molecule has 2 heterocycles. The molecule has 128 valence electrons. The molecule has 1 amide bonds. The quantitative estimate of drug-likeness (QED) is 0.815. The second-order valence-corrected chi connectivity index (χ2v) is 8.12. The molecule has 1 aliphatic heterocycles. The first-order valence-corrected chi connectivity index (χ1v) is 9.94. The first kappa shape index (κ1) is 17.5. The summed E-state index contributed by atoms with van der Waals surface area (Å²) < 4.78 is 11.1. The van der Waals surface area contributed by atoms with E-state index in [1.54, 1.807) is 23.1 Å². The SMILES string of the molecule is CC(SCc1cc(Cl)c2c(c1)OCCO2)C(=O)NCc1cccs1. The van der Waals surface area contributed by atoms with E-state index in [9.17, 15) is 4.79 Å². The lowest BCUT2D eigenvalue weighted by Gasteiger charge is -2.20. The number of thiophene rings is 1. The molecule has 1 aromatic carbocycles. The van der Waals surface area contributed by atoms with Crippen LogP contribution in [0.2, 0.25) is 5.02 Å². The summed E-state index contributed by atoms with van der Waals surface area (Å²) in [6.07, 6.45) is 0. The number of carbonyl (C=O) groups is 1. The Bertz CT molecular complexity index is 706. The largest absolute Gasteiger partial charge is 0.486 e. The van der Waals surface area contributed by atoms with Crippen molar-refractivity contribution in [2.75, 3.05) is 13.2 Å². The van der Waals surface area contributed by atoms with E-state index in [1.807, 2.05) is 36.6 Å². The number of nitrogens with one attached hydrogen (secondary N) is 1. The van der Waals surface area contributed by atoms with E-state index in [0.717, 1.165) is 10.4 Å². The zero-order valence-corrected chi connectivity index (χ0v) is 15.6. The number of benzene rings is 1. The van der Waals surface area contributed by atoms with Crippen LogP contribution < -0.4 is 14.8 Å². The van der Waals surface area contributed by atoms with Gasteiger partial charge < -0.3 is 14.8 Å². The van der Waals surface area contributed by atoms with Gasteiger partial charge in [-0.25, -0.2) is 0 Å². The Morgan fingerprint density at radius 2 is 2.25 bits per heavy atom. The highest BCUT2D eigenvalue weighted by Crippen LogP contribution is 2.39. The third-order valence-corrected chi connectivity index (χ3v) is 5.91. The maximum Gasteiger partial charge on any atom is 0.233 e. The second-order valence-electron chi connectivity index (χ2n) is 5.35. The van der Waals surface area contributed by atoms with Crippen molar-refractivity contribution in [3.8, 4) is 11.5 Å². The molecule has 1 aromatic heterocycles. The number of ether oxygens (including phenoxy) is 2. The van der Waals surface area contributed by atoms with Crippen molar-refractivity contribution in [3.63, 3.8) is 0 Å². The van der Waals surface area contributed by atoms with Crippen LogP contribution in [0.4, 0.5) is 0 Å². The first-order valence-electron chi connectivity index (χ1n) is 7.63. The molecule has 7 heteroatoms. The van der Waals surface area contributed by atoms with E-state index >= 15 is 0 Å². The Morgan fingerprint density at radius 1 is 1.42 bits per heavy atom. The third-order valence-electron chi connectivity index (χ3n) is 3.54. The fourth-order valence-electron chi connectivity index (χ4n) is 2.28. The Kier molecular flexibility index (Phi) is 5.92. The van der Waals surface area contributed by atoms with Crippen LogP contribution in [-0.2, 0) is 17.1 Å². The van der Waals surface area contributed by atoms with Gasteiger partial charge >= 0.3 is 0 Å². The maximum absolute atomic E-state index is 12.2. The molecule has 4 nitrogen and oxygen atoms in total. The van der Waals surface area contributed by atoms with E-state index in [2.05, 4.69) is 5.32 Å². The summed E-state index contributed by atoms with van der Waals surface area (Å²) in [5, 5.41) is 5.38. The molecule has 0 radical (unpaired) electrons. The lowest BCUT2D eigenvalue weighted by atomic mass is 10.2. The van der Waals surface area contributed by atoms with Gasteiger partial charge in [0, 0.05) is 10.6 Å². The molecule has 1 aliphatic rings. The number of fused-ring (bicyclic) bond motifs is 1. The van der Waals surface area contributed by atoms with E-state index in [0.29, 0.717) is 42.0 Å². The minimum atomic E-state index is -0.142. The molecule has 0 saturated heterocycles. The average Bonchev–Trinajstić information content (AvgIpc) is 3.11. The van der Waals surface area contributed by atoms with Crippen LogP contribution in [0.25, 0.3) is 0 Å². The summed E-state index contributed by atoms with van der Waals surface area (Å²) in [6.45, 7) is 3.54. The average molecular weight is 384 g/mol. The van der Waals surface area contributed by atoms with Crippen LogP contribution >= 0.6 is 34.7 Å². The topological polar surface area (TPSA) is 47.6 Å². The number of thioether (sulfide) groups is 1. The molecule has 0 aliphatic carbocycles. The molecule has 3 rings (SSSR count). The van der Waals surface area contributed by atoms with Gasteiger partial charge in [0.05, 0.1) is 16.8 Å². The normalized spacial score (nSPS) is 14.2. The van der Waals surface area contributed by atoms with Crippen LogP contribution in [0.15, 0.2) is 29.6 Å². The Balaban J connectivity index is 1.53. The van der Waals surface area contributed by atoms with Gasteiger partial charge in [0.25, 0.3) is 0 Å². The van der Waals surface area contributed by atoms with Crippen LogP contribution in [0.5, 0.6) is 11.5 Å². The molecule has 1 atom stereocenters. The molecule has 24 heavy (non-hydrogen) atoms. The summed E-state index contributed by atoms with van der Waals surface area (Å²) in [7, 11) is 0. The van der Waals surface area contributed by atoms with Crippen molar-refractivity contribution >= 4 is 40.6 Å². The molecule has 0 bridgehead atoms. The molecule has 2 aromatic rings. The van der Waals surface area contributed by atoms with E-state index < -0.39 is 0 Å². The van der Waals surface area contributed by atoms with E-state index in [4.69, 9.17) is 21.1 Å². The van der Waals surface area contributed by atoms with Gasteiger partial charge in [0.2, 0.25) is 5.91 Å². The molecular weight excluding hydrogens is 366 g/mol. The molecular formula is C17H18ClNO3S2. The minimum Gasteiger partial charge on any atom is -0.486 e. The number of halogens is 1. The van der Waals surface area contributed by atoms with Gasteiger partial charge in [-0.2, -0.15) is 0 Å². The fraction of sp³-hybridized carbons (Fsp3) is 0.353. The number of hydrogen-bond acceptors (Lipinski definition) is 5. The molecule has 0 spiro atoms. The maximum atomic E-state index is 12.2. The molecule has 0 saturated carbocycles. The summed E-state index contributed by atoms with van der Waals surface area (Å²) in [6, 6.07) is 7.80. The van der Waals surface area contributed by atoms with Gasteiger partial charge in [0.15, 0.2) is 11.5 Å². The monoisotopic (exact) mass is 383 g/mol. The second kappa shape index (κ2) is 8.14. The lowest BCUT2D eigenvalue weighted by Crippen LogP contribution is -2.30. The highest BCUT2D eigenvalue weighted by Gasteiger charge is 2.18. The number of rotatable bonds is 6. The van der Waals surface area contributed by atoms with Gasteiger partial charge in [0.1, 0.15) is 13.2 Å². The summed E-state index contributed by atoms with van der Waals surface area (Å²) >= 11 is 9.45. The van der Waals surface area contributed by atoms with Crippen molar-refractivity contribution in [2.45, 2.75) is 24.5 Å². The minimum absolute atomic E-state index is 0.0389. The highest BCUT2D eigenvalue weighted by molar-refractivity contribution is 7.99. The highest BCUT2D eigenvalue weighted by atomic mass is 35.5. The standard InChI is InChI=1S/C17H18ClNO3S2/c1-11(17(20)19-9-13-3-2-6-23-13)24-10-12-7-14(18)16-15(8-12)21-4-5-22-16/h2-3,6-8,11H,4-5,9-10H2,1H3,(H,19,20). The van der Waals surface area contributed by atoms with Crippen LogP contribution in [0.3, 0.4) is 0 Å². The molecule has 0 fully saturated rings.